The Morgan fingerprint density at radius 3 is 2.22 bits per heavy atom. The summed E-state index contributed by atoms with van der Waals surface area (Å²) in [6, 6.07) is 4.84. The molecule has 0 heterocycles. The standard InChI is InChI=1S/C29H33ClF3NO6S/c1-15(2)21(28(36)40-3)8-9-29(37)17-5-6-18(29)12-20(11-17)41(38,39)25-10-16(4-7-22(25)30)27(35)34-19-13-23(31)26(33)24(32)14-19/h4,7,10,13-15,17-18,20-21,37H,5-6,8-9,11-12H2,1-3H3,(H,34,35)/t17?,18?,20?,21-,29?/m0/s1. The first-order chi connectivity index (χ1) is 19.2. The summed E-state index contributed by atoms with van der Waals surface area (Å²) >= 11 is 6.28. The molecule has 2 aromatic rings. The van der Waals surface area contributed by atoms with Crippen LogP contribution >= 0.6 is 11.6 Å². The van der Waals surface area contributed by atoms with E-state index in [0.29, 0.717) is 37.8 Å². The fraction of sp³-hybridized carbons (Fsp3) is 0.517. The number of esters is 1. The normalized spacial score (nSPS) is 24.8. The minimum absolute atomic E-state index is 0.0214. The van der Waals surface area contributed by atoms with Gasteiger partial charge in [-0.05, 0) is 74.5 Å². The molecule has 12 heteroatoms. The number of hydrogen-bond donors (Lipinski definition) is 2. The Kier molecular flexibility index (Phi) is 9.11. The van der Waals surface area contributed by atoms with Crippen LogP contribution in [-0.4, -0.2) is 43.4 Å². The van der Waals surface area contributed by atoms with Crippen molar-refractivity contribution in [3.05, 3.63) is 58.4 Å². The van der Waals surface area contributed by atoms with Crippen LogP contribution in [0.2, 0.25) is 5.02 Å². The molecule has 0 saturated heterocycles. The van der Waals surface area contributed by atoms with Crippen LogP contribution in [0.4, 0.5) is 18.9 Å². The Labute approximate surface area is 242 Å². The predicted molar refractivity (Wildman–Crippen MR) is 147 cm³/mol. The molecule has 2 aliphatic rings. The smallest absolute Gasteiger partial charge is 0.308 e. The maximum atomic E-state index is 13.8. The molecule has 0 aliphatic heterocycles. The number of methoxy groups -OCH3 is 1. The molecule has 2 bridgehead atoms. The predicted octanol–water partition coefficient (Wildman–Crippen LogP) is 5.93. The highest BCUT2D eigenvalue weighted by Gasteiger charge is 2.55. The molecule has 2 unspecified atom stereocenters. The SMILES string of the molecule is COC(=O)[C@@H](CCC1(O)C2CCC1CC(S(=O)(=O)c1cc(C(=O)Nc3cc(F)c(F)c(F)c3)ccc1Cl)C2)C(C)C. The van der Waals surface area contributed by atoms with Gasteiger partial charge in [0.15, 0.2) is 27.3 Å². The van der Waals surface area contributed by atoms with Gasteiger partial charge in [0.2, 0.25) is 0 Å². The highest BCUT2D eigenvalue weighted by molar-refractivity contribution is 7.92. The maximum Gasteiger partial charge on any atom is 0.308 e. The number of anilines is 1. The van der Waals surface area contributed by atoms with Crippen molar-refractivity contribution >= 4 is 39.0 Å². The van der Waals surface area contributed by atoms with Gasteiger partial charge in [0.25, 0.3) is 5.91 Å². The maximum absolute atomic E-state index is 13.8. The highest BCUT2D eigenvalue weighted by atomic mass is 35.5. The number of sulfone groups is 1. The first-order valence-electron chi connectivity index (χ1n) is 13.5. The van der Waals surface area contributed by atoms with Crippen molar-refractivity contribution in [1.29, 1.82) is 0 Å². The molecule has 2 aromatic carbocycles. The Hall–Kier alpha value is -2.63. The lowest BCUT2D eigenvalue weighted by atomic mass is 9.70. The van der Waals surface area contributed by atoms with E-state index in [9.17, 15) is 36.3 Å². The Balaban J connectivity index is 1.52. The number of hydrogen-bond acceptors (Lipinski definition) is 6. The van der Waals surface area contributed by atoms with E-state index in [0.717, 1.165) is 6.07 Å². The monoisotopic (exact) mass is 615 g/mol. The summed E-state index contributed by atoms with van der Waals surface area (Å²) < 4.78 is 72.9. The largest absolute Gasteiger partial charge is 0.469 e. The average Bonchev–Trinajstić information content (AvgIpc) is 3.06. The molecule has 41 heavy (non-hydrogen) atoms. The van der Waals surface area contributed by atoms with Gasteiger partial charge in [0.1, 0.15) is 0 Å². The summed E-state index contributed by atoms with van der Waals surface area (Å²) in [5, 5.41) is 13.0. The quantitative estimate of drug-likeness (QED) is 0.267. The van der Waals surface area contributed by atoms with Gasteiger partial charge < -0.3 is 15.2 Å². The molecule has 3 atom stereocenters. The third-order valence-corrected chi connectivity index (χ3v) is 11.4. The zero-order valence-corrected chi connectivity index (χ0v) is 24.5. The highest BCUT2D eigenvalue weighted by Crippen LogP contribution is 2.54. The summed E-state index contributed by atoms with van der Waals surface area (Å²) in [4.78, 5) is 24.7. The minimum atomic E-state index is -4.05. The van der Waals surface area contributed by atoms with E-state index >= 15 is 0 Å². The summed E-state index contributed by atoms with van der Waals surface area (Å²) in [6.07, 6.45) is 2.48. The van der Waals surface area contributed by atoms with Crippen LogP contribution < -0.4 is 5.32 Å². The topological polar surface area (TPSA) is 110 Å². The van der Waals surface area contributed by atoms with Gasteiger partial charge in [0, 0.05) is 23.4 Å². The van der Waals surface area contributed by atoms with E-state index in [1.165, 1.54) is 19.2 Å². The minimum Gasteiger partial charge on any atom is -0.469 e. The lowest BCUT2D eigenvalue weighted by Crippen LogP contribution is -2.48. The second-order valence-corrected chi connectivity index (χ2v) is 14.0. The third-order valence-electron chi connectivity index (χ3n) is 8.72. The molecule has 2 N–H and O–H groups in total. The number of nitrogens with one attached hydrogen (secondary N) is 1. The molecule has 0 spiro atoms. The van der Waals surface area contributed by atoms with E-state index < -0.39 is 44.0 Å². The van der Waals surface area contributed by atoms with Gasteiger partial charge in [-0.1, -0.05) is 25.4 Å². The fourth-order valence-corrected chi connectivity index (χ4v) is 8.81. The van der Waals surface area contributed by atoms with Crippen molar-refractivity contribution in [3.8, 4) is 0 Å². The van der Waals surface area contributed by atoms with Crippen molar-refractivity contribution in [3.63, 3.8) is 0 Å². The molecule has 1 amide bonds. The van der Waals surface area contributed by atoms with Crippen molar-refractivity contribution in [2.75, 3.05) is 12.4 Å². The number of carbonyl (C=O) groups is 2. The summed E-state index contributed by atoms with van der Waals surface area (Å²) in [6.45, 7) is 3.83. The zero-order chi connectivity index (χ0) is 30.3. The second-order valence-electron chi connectivity index (χ2n) is 11.4. The summed E-state index contributed by atoms with van der Waals surface area (Å²) in [5.41, 5.74) is -1.57. The molecular formula is C29H33ClF3NO6S. The third kappa shape index (κ3) is 6.12. The van der Waals surface area contributed by atoms with Gasteiger partial charge in [-0.25, -0.2) is 21.6 Å². The number of fused-ring (bicyclic) bond motifs is 2. The Morgan fingerprint density at radius 1 is 1.10 bits per heavy atom. The Morgan fingerprint density at radius 2 is 1.68 bits per heavy atom. The Bertz CT molecular complexity index is 1410. The van der Waals surface area contributed by atoms with Crippen LogP contribution in [0.1, 0.15) is 62.7 Å². The molecule has 4 rings (SSSR count). The van der Waals surface area contributed by atoms with Crippen molar-refractivity contribution < 1.29 is 41.0 Å². The van der Waals surface area contributed by atoms with Gasteiger partial charge in [-0.3, -0.25) is 9.59 Å². The second kappa shape index (κ2) is 11.9. The van der Waals surface area contributed by atoms with Gasteiger partial charge >= 0.3 is 5.97 Å². The van der Waals surface area contributed by atoms with Crippen LogP contribution in [-0.2, 0) is 19.4 Å². The first-order valence-corrected chi connectivity index (χ1v) is 15.4. The number of rotatable bonds is 9. The lowest BCUT2D eigenvalue weighted by Gasteiger charge is -2.43. The van der Waals surface area contributed by atoms with E-state index in [1.807, 2.05) is 13.8 Å². The molecule has 0 radical (unpaired) electrons. The van der Waals surface area contributed by atoms with E-state index in [2.05, 4.69) is 5.32 Å². The van der Waals surface area contributed by atoms with Crippen LogP contribution in [0, 0.1) is 41.1 Å². The summed E-state index contributed by atoms with van der Waals surface area (Å²) in [7, 11) is -2.71. The zero-order valence-electron chi connectivity index (χ0n) is 22.9. The number of aliphatic hydroxyl groups is 1. The molecule has 0 aromatic heterocycles. The lowest BCUT2D eigenvalue weighted by molar-refractivity contribution is -0.148. The number of benzene rings is 2. The van der Waals surface area contributed by atoms with Gasteiger partial charge in [0.05, 0.1) is 33.8 Å². The molecular weight excluding hydrogens is 583 g/mol. The first kappa shape index (κ1) is 31.3. The van der Waals surface area contributed by atoms with Crippen molar-refractivity contribution in [1.82, 2.24) is 0 Å². The number of halogens is 4. The number of amides is 1. The van der Waals surface area contributed by atoms with Gasteiger partial charge in [-0.15, -0.1) is 0 Å². The van der Waals surface area contributed by atoms with Crippen LogP contribution in [0.5, 0.6) is 0 Å². The van der Waals surface area contributed by atoms with E-state index in [-0.39, 0.29) is 63.7 Å². The van der Waals surface area contributed by atoms with Gasteiger partial charge in [-0.2, -0.15) is 0 Å². The van der Waals surface area contributed by atoms with Crippen LogP contribution in [0.3, 0.4) is 0 Å². The van der Waals surface area contributed by atoms with E-state index in [1.54, 1.807) is 0 Å². The van der Waals surface area contributed by atoms with Crippen LogP contribution in [0.25, 0.3) is 0 Å². The molecule has 2 fully saturated rings. The van der Waals surface area contributed by atoms with Crippen molar-refractivity contribution in [2.24, 2.45) is 23.7 Å². The summed E-state index contributed by atoms with van der Waals surface area (Å²) in [5.74, 6) is -6.80. The molecule has 2 saturated carbocycles. The van der Waals surface area contributed by atoms with E-state index in [4.69, 9.17) is 16.3 Å². The number of ether oxygens (including phenoxy) is 1. The van der Waals surface area contributed by atoms with Crippen LogP contribution in [0.15, 0.2) is 35.2 Å². The number of carbonyl (C=O) groups excluding carboxylic acids is 2. The molecule has 7 nitrogen and oxygen atoms in total. The average molecular weight is 616 g/mol. The van der Waals surface area contributed by atoms with Crippen molar-refractivity contribution in [2.45, 2.75) is 68.1 Å². The fourth-order valence-electron chi connectivity index (χ4n) is 6.41. The molecule has 224 valence electrons. The molecule has 2 aliphatic carbocycles.